The number of carboxylic acids is 1. The number of phenolic OH excluding ortho intramolecular Hbond substituents is 1. The van der Waals surface area contributed by atoms with Crippen LogP contribution in [0.4, 0.5) is 0 Å². The van der Waals surface area contributed by atoms with Gasteiger partial charge >= 0.3 is 5.97 Å². The fraction of sp³-hybridized carbons (Fsp3) is 0.533. The van der Waals surface area contributed by atoms with E-state index in [1.165, 1.54) is 26.0 Å². The lowest BCUT2D eigenvalue weighted by molar-refractivity contribution is -0.0164. The fourth-order valence-electron chi connectivity index (χ4n) is 2.15. The molecule has 0 aliphatic carbocycles. The summed E-state index contributed by atoms with van der Waals surface area (Å²) in [7, 11) is 0. The number of aromatic hydroxyl groups is 1. The lowest BCUT2D eigenvalue weighted by Crippen LogP contribution is -2.30. The van der Waals surface area contributed by atoms with Crippen molar-refractivity contribution >= 4 is 5.97 Å². The minimum atomic E-state index is -1.35. The molecule has 1 aromatic carbocycles. The van der Waals surface area contributed by atoms with Crippen LogP contribution in [-0.2, 0) is 5.60 Å². The second kappa shape index (κ2) is 6.43. The Bertz CT molecular complexity index is 507. The maximum Gasteiger partial charge on any atom is 0.335 e. The topological polar surface area (TPSA) is 118 Å². The molecule has 0 spiro atoms. The summed E-state index contributed by atoms with van der Waals surface area (Å²) in [5, 5.41) is 47.8. The SMILES string of the molecule is C[C@@](O)(CO)CCC[C@@](C)(O)c1ccc(C(=O)O)cc1O. The Labute approximate surface area is 123 Å². The summed E-state index contributed by atoms with van der Waals surface area (Å²) in [5.41, 5.74) is -2.38. The summed E-state index contributed by atoms with van der Waals surface area (Å²) in [4.78, 5) is 10.8. The van der Waals surface area contributed by atoms with E-state index < -0.39 is 17.2 Å². The molecule has 0 saturated heterocycles. The lowest BCUT2D eigenvalue weighted by Gasteiger charge is -2.27. The zero-order valence-electron chi connectivity index (χ0n) is 12.2. The second-order valence-electron chi connectivity index (χ2n) is 5.82. The van der Waals surface area contributed by atoms with Crippen LogP contribution in [0.1, 0.15) is 49.0 Å². The van der Waals surface area contributed by atoms with Crippen LogP contribution in [0, 0.1) is 0 Å². The zero-order chi connectivity index (χ0) is 16.3. The second-order valence-corrected chi connectivity index (χ2v) is 5.82. The van der Waals surface area contributed by atoms with Gasteiger partial charge in [-0.05, 0) is 45.2 Å². The summed E-state index contributed by atoms with van der Waals surface area (Å²) < 4.78 is 0. The number of phenols is 1. The van der Waals surface area contributed by atoms with Gasteiger partial charge in [-0.15, -0.1) is 0 Å². The van der Waals surface area contributed by atoms with Crippen molar-refractivity contribution in [3.63, 3.8) is 0 Å². The molecular formula is C15H22O6. The third kappa shape index (κ3) is 4.70. The smallest absolute Gasteiger partial charge is 0.335 e. The lowest BCUT2D eigenvalue weighted by atomic mass is 9.87. The van der Waals surface area contributed by atoms with Crippen molar-refractivity contribution in [3.8, 4) is 5.75 Å². The number of rotatable bonds is 7. The molecule has 0 bridgehead atoms. The van der Waals surface area contributed by atoms with E-state index >= 15 is 0 Å². The van der Waals surface area contributed by atoms with Crippen LogP contribution in [0.25, 0.3) is 0 Å². The van der Waals surface area contributed by atoms with Crippen LogP contribution in [0.15, 0.2) is 18.2 Å². The molecule has 6 heteroatoms. The standard InChI is InChI=1S/C15H22O6/c1-14(20,9-16)6-3-7-15(2,21)11-5-4-10(13(18)19)8-12(11)17/h4-5,8,16-17,20-21H,3,6-7,9H2,1-2H3,(H,18,19)/t14-,15+/m0/s1. The molecule has 118 valence electrons. The Morgan fingerprint density at radius 1 is 1.19 bits per heavy atom. The van der Waals surface area contributed by atoms with Gasteiger partial charge in [-0.3, -0.25) is 0 Å². The Morgan fingerprint density at radius 3 is 2.29 bits per heavy atom. The van der Waals surface area contributed by atoms with Gasteiger partial charge in [0.2, 0.25) is 0 Å². The van der Waals surface area contributed by atoms with E-state index in [0.717, 1.165) is 6.07 Å². The van der Waals surface area contributed by atoms with E-state index in [-0.39, 0.29) is 29.9 Å². The number of aliphatic hydroxyl groups is 3. The Morgan fingerprint density at radius 2 is 1.81 bits per heavy atom. The van der Waals surface area contributed by atoms with Crippen LogP contribution in [0.3, 0.4) is 0 Å². The van der Waals surface area contributed by atoms with Crippen LogP contribution < -0.4 is 0 Å². The summed E-state index contributed by atoms with van der Waals surface area (Å²) in [6.45, 7) is 2.64. The molecular weight excluding hydrogens is 276 g/mol. The predicted molar refractivity (Wildman–Crippen MR) is 76.2 cm³/mol. The maximum atomic E-state index is 10.8. The summed E-state index contributed by atoms with van der Waals surface area (Å²) in [6.07, 6.45) is 0.984. The van der Waals surface area contributed by atoms with Crippen molar-refractivity contribution in [2.45, 2.75) is 44.3 Å². The van der Waals surface area contributed by atoms with Crippen molar-refractivity contribution in [2.24, 2.45) is 0 Å². The normalized spacial score (nSPS) is 17.0. The first kappa shape index (κ1) is 17.4. The highest BCUT2D eigenvalue weighted by Crippen LogP contribution is 2.34. The predicted octanol–water partition coefficient (Wildman–Crippen LogP) is 1.21. The summed E-state index contributed by atoms with van der Waals surface area (Å²) in [5.74, 6) is -1.44. The Kier molecular flexibility index (Phi) is 5.33. The van der Waals surface area contributed by atoms with Gasteiger partial charge in [0.15, 0.2) is 0 Å². The summed E-state index contributed by atoms with van der Waals surface area (Å²) in [6, 6.07) is 3.79. The first-order valence-electron chi connectivity index (χ1n) is 6.71. The van der Waals surface area contributed by atoms with E-state index in [2.05, 4.69) is 0 Å². The van der Waals surface area contributed by atoms with Crippen molar-refractivity contribution in [1.82, 2.24) is 0 Å². The average Bonchev–Trinajstić information content (AvgIpc) is 2.37. The molecule has 0 radical (unpaired) electrons. The van der Waals surface area contributed by atoms with E-state index in [1.807, 2.05) is 0 Å². The van der Waals surface area contributed by atoms with Gasteiger partial charge in [-0.1, -0.05) is 6.07 Å². The monoisotopic (exact) mass is 298 g/mol. The van der Waals surface area contributed by atoms with Crippen LogP contribution in [0.5, 0.6) is 5.75 Å². The van der Waals surface area contributed by atoms with Gasteiger partial charge in [0.05, 0.1) is 23.4 Å². The van der Waals surface area contributed by atoms with Gasteiger partial charge in [0.25, 0.3) is 0 Å². The Balaban J connectivity index is 2.81. The van der Waals surface area contributed by atoms with Crippen molar-refractivity contribution in [2.75, 3.05) is 6.61 Å². The van der Waals surface area contributed by atoms with Gasteiger partial charge in [-0.25, -0.2) is 4.79 Å². The molecule has 1 rings (SSSR count). The number of hydrogen-bond donors (Lipinski definition) is 5. The molecule has 0 aromatic heterocycles. The number of aromatic carboxylic acids is 1. The first-order valence-corrected chi connectivity index (χ1v) is 6.71. The molecule has 1 aromatic rings. The zero-order valence-corrected chi connectivity index (χ0v) is 12.2. The highest BCUT2D eigenvalue weighted by Gasteiger charge is 2.28. The first-order chi connectivity index (χ1) is 9.59. The molecule has 0 aliphatic rings. The van der Waals surface area contributed by atoms with Crippen LogP contribution in [0.2, 0.25) is 0 Å². The Hall–Kier alpha value is -1.63. The molecule has 2 atom stereocenters. The highest BCUT2D eigenvalue weighted by molar-refractivity contribution is 5.88. The number of carbonyl (C=O) groups is 1. The third-order valence-electron chi connectivity index (χ3n) is 3.54. The summed E-state index contributed by atoms with van der Waals surface area (Å²) >= 11 is 0. The van der Waals surface area contributed by atoms with E-state index in [1.54, 1.807) is 0 Å². The molecule has 6 nitrogen and oxygen atoms in total. The largest absolute Gasteiger partial charge is 0.508 e. The number of carboxylic acid groups (broad SMARTS) is 1. The number of hydrogen-bond acceptors (Lipinski definition) is 5. The van der Waals surface area contributed by atoms with Crippen molar-refractivity contribution in [3.05, 3.63) is 29.3 Å². The number of benzene rings is 1. The minimum Gasteiger partial charge on any atom is -0.508 e. The van der Waals surface area contributed by atoms with Crippen molar-refractivity contribution in [1.29, 1.82) is 0 Å². The molecule has 0 saturated carbocycles. The molecule has 0 amide bonds. The molecule has 5 N–H and O–H groups in total. The van der Waals surface area contributed by atoms with Crippen LogP contribution in [-0.4, -0.2) is 43.7 Å². The average molecular weight is 298 g/mol. The van der Waals surface area contributed by atoms with E-state index in [0.29, 0.717) is 12.8 Å². The third-order valence-corrected chi connectivity index (χ3v) is 3.54. The van der Waals surface area contributed by atoms with Gasteiger partial charge in [0.1, 0.15) is 5.75 Å². The fourth-order valence-corrected chi connectivity index (χ4v) is 2.15. The van der Waals surface area contributed by atoms with E-state index in [9.17, 15) is 20.1 Å². The quantitative estimate of drug-likeness (QED) is 0.516. The van der Waals surface area contributed by atoms with E-state index in [4.69, 9.17) is 10.2 Å². The van der Waals surface area contributed by atoms with Crippen LogP contribution >= 0.6 is 0 Å². The molecule has 0 aliphatic heterocycles. The molecule has 0 fully saturated rings. The van der Waals surface area contributed by atoms with Crippen molar-refractivity contribution < 1.29 is 30.3 Å². The molecule has 0 unspecified atom stereocenters. The highest BCUT2D eigenvalue weighted by atomic mass is 16.4. The van der Waals surface area contributed by atoms with Gasteiger partial charge in [0, 0.05) is 5.56 Å². The maximum absolute atomic E-state index is 10.8. The van der Waals surface area contributed by atoms with Gasteiger partial charge < -0.3 is 25.5 Å². The number of aliphatic hydroxyl groups excluding tert-OH is 1. The molecule has 21 heavy (non-hydrogen) atoms. The van der Waals surface area contributed by atoms with Gasteiger partial charge in [-0.2, -0.15) is 0 Å². The molecule has 0 heterocycles. The minimum absolute atomic E-state index is 0.0599.